The minimum absolute atomic E-state index is 0.137. The first-order valence-corrected chi connectivity index (χ1v) is 12.0. The SMILES string of the molecule is N[C@@H](Cc1ccccc1)[C@H](O)[C@H](Cc1ccccc1)N(Cc1ccccc1)Cc1ccccc1. The van der Waals surface area contributed by atoms with Gasteiger partial charge in [-0.2, -0.15) is 0 Å². The summed E-state index contributed by atoms with van der Waals surface area (Å²) in [5.74, 6) is 0. The molecule has 0 aliphatic carbocycles. The molecule has 0 aromatic heterocycles. The first-order chi connectivity index (χ1) is 16.7. The molecule has 0 amide bonds. The van der Waals surface area contributed by atoms with Gasteiger partial charge in [-0.05, 0) is 35.1 Å². The molecule has 0 saturated heterocycles. The highest BCUT2D eigenvalue weighted by molar-refractivity contribution is 5.21. The molecule has 4 aromatic carbocycles. The lowest BCUT2D eigenvalue weighted by Crippen LogP contribution is -2.52. The Labute approximate surface area is 203 Å². The van der Waals surface area contributed by atoms with Crippen molar-refractivity contribution in [3.63, 3.8) is 0 Å². The van der Waals surface area contributed by atoms with Crippen molar-refractivity contribution in [2.45, 2.75) is 44.1 Å². The topological polar surface area (TPSA) is 49.5 Å². The Morgan fingerprint density at radius 2 is 0.882 bits per heavy atom. The molecule has 0 spiro atoms. The maximum Gasteiger partial charge on any atom is 0.0852 e. The fourth-order valence-electron chi connectivity index (χ4n) is 4.54. The van der Waals surface area contributed by atoms with Gasteiger partial charge in [-0.3, -0.25) is 4.90 Å². The summed E-state index contributed by atoms with van der Waals surface area (Å²) in [6.45, 7) is 1.48. The van der Waals surface area contributed by atoms with E-state index >= 15 is 0 Å². The molecule has 3 atom stereocenters. The smallest absolute Gasteiger partial charge is 0.0852 e. The Bertz CT molecular complexity index is 1050. The third-order valence-electron chi connectivity index (χ3n) is 6.36. The van der Waals surface area contributed by atoms with Crippen LogP contribution in [0.15, 0.2) is 121 Å². The van der Waals surface area contributed by atoms with Crippen molar-refractivity contribution in [3.8, 4) is 0 Å². The van der Waals surface area contributed by atoms with E-state index in [1.165, 1.54) is 16.7 Å². The largest absolute Gasteiger partial charge is 0.390 e. The van der Waals surface area contributed by atoms with Crippen molar-refractivity contribution in [2.24, 2.45) is 5.73 Å². The Morgan fingerprint density at radius 1 is 0.529 bits per heavy atom. The number of benzene rings is 4. The molecule has 3 N–H and O–H groups in total. The monoisotopic (exact) mass is 450 g/mol. The lowest BCUT2D eigenvalue weighted by Gasteiger charge is -2.37. The standard InChI is InChI=1S/C31H34N2O/c32-29(21-25-13-5-1-6-14-25)31(34)30(22-26-15-7-2-8-16-26)33(23-27-17-9-3-10-18-27)24-28-19-11-4-12-20-28/h1-20,29-31,34H,21-24,32H2/t29-,30-,31-/m0/s1. The molecule has 0 aliphatic heterocycles. The molecule has 3 nitrogen and oxygen atoms in total. The van der Waals surface area contributed by atoms with Crippen LogP contribution in [0.4, 0.5) is 0 Å². The highest BCUT2D eigenvalue weighted by Crippen LogP contribution is 2.22. The molecule has 3 heteroatoms. The van der Waals surface area contributed by atoms with Crippen LogP contribution in [0.3, 0.4) is 0 Å². The van der Waals surface area contributed by atoms with E-state index in [-0.39, 0.29) is 12.1 Å². The molecule has 174 valence electrons. The van der Waals surface area contributed by atoms with Crippen molar-refractivity contribution in [3.05, 3.63) is 144 Å². The van der Waals surface area contributed by atoms with E-state index < -0.39 is 6.10 Å². The summed E-state index contributed by atoms with van der Waals surface area (Å²) in [7, 11) is 0. The van der Waals surface area contributed by atoms with Gasteiger partial charge in [-0.15, -0.1) is 0 Å². The lowest BCUT2D eigenvalue weighted by molar-refractivity contribution is 0.0234. The maximum atomic E-state index is 11.7. The van der Waals surface area contributed by atoms with Crippen LogP contribution in [0.5, 0.6) is 0 Å². The summed E-state index contributed by atoms with van der Waals surface area (Å²) < 4.78 is 0. The molecule has 34 heavy (non-hydrogen) atoms. The second-order valence-electron chi connectivity index (χ2n) is 8.98. The van der Waals surface area contributed by atoms with Crippen LogP contribution in [-0.2, 0) is 25.9 Å². The molecule has 0 bridgehead atoms. The van der Waals surface area contributed by atoms with Gasteiger partial charge in [0.25, 0.3) is 0 Å². The fraction of sp³-hybridized carbons (Fsp3) is 0.226. The average Bonchev–Trinajstić information content (AvgIpc) is 2.89. The number of hydrogen-bond donors (Lipinski definition) is 2. The summed E-state index contributed by atoms with van der Waals surface area (Å²) in [4.78, 5) is 2.38. The van der Waals surface area contributed by atoms with Crippen LogP contribution in [0.1, 0.15) is 22.3 Å². The molecule has 0 saturated carbocycles. The summed E-state index contributed by atoms with van der Waals surface area (Å²) in [6.07, 6.45) is 0.676. The van der Waals surface area contributed by atoms with Gasteiger partial charge in [0.1, 0.15) is 0 Å². The van der Waals surface area contributed by atoms with Gasteiger partial charge in [0.05, 0.1) is 6.10 Å². The quantitative estimate of drug-likeness (QED) is 0.329. The number of aliphatic hydroxyl groups excluding tert-OH is 1. The Hall–Kier alpha value is -3.24. The molecule has 0 fully saturated rings. The van der Waals surface area contributed by atoms with Gasteiger partial charge >= 0.3 is 0 Å². The third kappa shape index (κ3) is 6.88. The Balaban J connectivity index is 1.64. The molecular formula is C31H34N2O. The summed E-state index contributed by atoms with van der Waals surface area (Å²) in [5.41, 5.74) is 11.4. The molecule has 0 unspecified atom stereocenters. The van der Waals surface area contributed by atoms with Crippen molar-refractivity contribution in [1.29, 1.82) is 0 Å². The van der Waals surface area contributed by atoms with Gasteiger partial charge < -0.3 is 10.8 Å². The minimum atomic E-state index is -0.687. The predicted octanol–water partition coefficient (Wildman–Crippen LogP) is 5.23. The normalized spacial score (nSPS) is 14.0. The number of aliphatic hydroxyl groups is 1. The van der Waals surface area contributed by atoms with E-state index in [0.717, 1.165) is 25.1 Å². The summed E-state index contributed by atoms with van der Waals surface area (Å²) in [5, 5.41) is 11.7. The van der Waals surface area contributed by atoms with Gasteiger partial charge in [0.15, 0.2) is 0 Å². The molecule has 0 heterocycles. The third-order valence-corrected chi connectivity index (χ3v) is 6.36. The number of nitrogens with zero attached hydrogens (tertiary/aromatic N) is 1. The highest BCUT2D eigenvalue weighted by atomic mass is 16.3. The van der Waals surface area contributed by atoms with Gasteiger partial charge in [0.2, 0.25) is 0 Å². The highest BCUT2D eigenvalue weighted by Gasteiger charge is 2.31. The molecule has 4 rings (SSSR count). The zero-order chi connectivity index (χ0) is 23.6. The van der Waals surface area contributed by atoms with Crippen LogP contribution in [0, 0.1) is 0 Å². The van der Waals surface area contributed by atoms with E-state index in [1.807, 2.05) is 36.4 Å². The number of hydrogen-bond acceptors (Lipinski definition) is 3. The number of rotatable bonds is 11. The van der Waals surface area contributed by atoms with Gasteiger partial charge in [0, 0.05) is 25.2 Å². The Morgan fingerprint density at radius 3 is 1.29 bits per heavy atom. The van der Waals surface area contributed by atoms with Crippen molar-refractivity contribution >= 4 is 0 Å². The maximum absolute atomic E-state index is 11.7. The Kier molecular flexibility index (Phi) is 8.64. The fourth-order valence-corrected chi connectivity index (χ4v) is 4.54. The zero-order valence-electron chi connectivity index (χ0n) is 19.6. The predicted molar refractivity (Wildman–Crippen MR) is 140 cm³/mol. The molecular weight excluding hydrogens is 416 g/mol. The van der Waals surface area contributed by atoms with E-state index in [1.54, 1.807) is 0 Å². The van der Waals surface area contributed by atoms with E-state index in [9.17, 15) is 5.11 Å². The summed E-state index contributed by atoms with van der Waals surface area (Å²) >= 11 is 0. The molecule has 4 aromatic rings. The molecule has 0 radical (unpaired) electrons. The summed E-state index contributed by atoms with van der Waals surface area (Å²) in [6, 6.07) is 41.0. The first kappa shape index (κ1) is 23.9. The van der Waals surface area contributed by atoms with Crippen LogP contribution in [0.25, 0.3) is 0 Å². The van der Waals surface area contributed by atoms with Crippen LogP contribution < -0.4 is 5.73 Å². The number of nitrogens with two attached hydrogens (primary N) is 1. The van der Waals surface area contributed by atoms with E-state index in [2.05, 4.69) is 89.8 Å². The van der Waals surface area contributed by atoms with Crippen molar-refractivity contribution in [1.82, 2.24) is 4.90 Å². The van der Waals surface area contributed by atoms with Gasteiger partial charge in [-0.25, -0.2) is 0 Å². The van der Waals surface area contributed by atoms with Crippen molar-refractivity contribution in [2.75, 3.05) is 0 Å². The second kappa shape index (κ2) is 12.3. The van der Waals surface area contributed by atoms with E-state index in [0.29, 0.717) is 6.42 Å². The van der Waals surface area contributed by atoms with E-state index in [4.69, 9.17) is 5.73 Å². The first-order valence-electron chi connectivity index (χ1n) is 12.0. The van der Waals surface area contributed by atoms with Crippen LogP contribution in [0.2, 0.25) is 0 Å². The minimum Gasteiger partial charge on any atom is -0.390 e. The van der Waals surface area contributed by atoms with Crippen LogP contribution in [-0.4, -0.2) is 28.2 Å². The zero-order valence-corrected chi connectivity index (χ0v) is 19.6. The van der Waals surface area contributed by atoms with Crippen molar-refractivity contribution < 1.29 is 5.11 Å². The molecule has 0 aliphatic rings. The average molecular weight is 451 g/mol. The second-order valence-corrected chi connectivity index (χ2v) is 8.98. The van der Waals surface area contributed by atoms with Gasteiger partial charge in [-0.1, -0.05) is 121 Å². The van der Waals surface area contributed by atoms with Crippen LogP contribution >= 0.6 is 0 Å². The lowest BCUT2D eigenvalue weighted by atomic mass is 9.91.